The molecule has 110 valence electrons. The van der Waals surface area contributed by atoms with Crippen molar-refractivity contribution in [1.29, 1.82) is 0 Å². The number of hydrogen-bond donors (Lipinski definition) is 0. The molecule has 0 radical (unpaired) electrons. The molecule has 0 aliphatic rings. The molecule has 0 N–H and O–H groups in total. The molecule has 1 unspecified atom stereocenters. The summed E-state index contributed by atoms with van der Waals surface area (Å²) in [5.74, 6) is -1.46. The molecular formula is C15H13BrF2N2O. The maximum atomic E-state index is 13.8. The molecule has 1 aromatic carbocycles. The number of carbonyl (C=O) groups excluding carboxylic acids is 1. The Morgan fingerprint density at radius 2 is 2.00 bits per heavy atom. The van der Waals surface area contributed by atoms with Crippen LogP contribution >= 0.6 is 15.9 Å². The van der Waals surface area contributed by atoms with E-state index < -0.39 is 17.7 Å². The minimum absolute atomic E-state index is 0.126. The van der Waals surface area contributed by atoms with Crippen molar-refractivity contribution in [2.45, 2.75) is 13.0 Å². The number of halogens is 3. The molecule has 0 saturated heterocycles. The number of benzene rings is 1. The van der Waals surface area contributed by atoms with Gasteiger partial charge in [-0.05, 0) is 53.2 Å². The second-order valence-electron chi connectivity index (χ2n) is 4.60. The van der Waals surface area contributed by atoms with Crippen LogP contribution < -0.4 is 0 Å². The Morgan fingerprint density at radius 1 is 1.29 bits per heavy atom. The van der Waals surface area contributed by atoms with Crippen LogP contribution in [0, 0.1) is 11.6 Å². The number of amides is 1. The maximum Gasteiger partial charge on any atom is 0.272 e. The van der Waals surface area contributed by atoms with E-state index in [4.69, 9.17) is 0 Å². The van der Waals surface area contributed by atoms with E-state index in [0.717, 1.165) is 18.2 Å². The Morgan fingerprint density at radius 3 is 2.67 bits per heavy atom. The largest absolute Gasteiger partial charge is 0.334 e. The van der Waals surface area contributed by atoms with Crippen LogP contribution in [0.3, 0.4) is 0 Å². The lowest BCUT2D eigenvalue weighted by Gasteiger charge is -2.25. The standard InChI is InChI=1S/C15H13BrF2N2O/c1-9(11-8-10(17)6-7-12(11)18)20(2)15(21)13-4-3-5-14(16)19-13/h3-9H,1-2H3. The highest BCUT2D eigenvalue weighted by atomic mass is 79.9. The van der Waals surface area contributed by atoms with Gasteiger partial charge >= 0.3 is 0 Å². The summed E-state index contributed by atoms with van der Waals surface area (Å²) in [6, 6.07) is 7.53. The second-order valence-corrected chi connectivity index (χ2v) is 5.42. The SMILES string of the molecule is CC(c1cc(F)ccc1F)N(C)C(=O)c1cccc(Br)n1. The molecule has 0 aliphatic carbocycles. The number of nitrogens with zero attached hydrogens (tertiary/aromatic N) is 2. The lowest BCUT2D eigenvalue weighted by Crippen LogP contribution is -2.30. The fourth-order valence-electron chi connectivity index (χ4n) is 1.93. The highest BCUT2D eigenvalue weighted by Gasteiger charge is 2.22. The number of hydrogen-bond acceptors (Lipinski definition) is 2. The van der Waals surface area contributed by atoms with Gasteiger partial charge < -0.3 is 4.90 Å². The molecule has 0 saturated carbocycles. The fourth-order valence-corrected chi connectivity index (χ4v) is 2.27. The molecule has 0 aliphatic heterocycles. The van der Waals surface area contributed by atoms with Crippen LogP contribution in [-0.4, -0.2) is 22.8 Å². The monoisotopic (exact) mass is 354 g/mol. The van der Waals surface area contributed by atoms with Crippen molar-refractivity contribution in [2.24, 2.45) is 0 Å². The summed E-state index contributed by atoms with van der Waals surface area (Å²) in [5.41, 5.74) is 0.358. The Kier molecular flexibility index (Phi) is 4.67. The van der Waals surface area contributed by atoms with Crippen molar-refractivity contribution in [3.8, 4) is 0 Å². The second kappa shape index (κ2) is 6.30. The van der Waals surface area contributed by atoms with Gasteiger partial charge in [0.25, 0.3) is 5.91 Å². The maximum absolute atomic E-state index is 13.8. The molecule has 21 heavy (non-hydrogen) atoms. The molecular weight excluding hydrogens is 342 g/mol. The lowest BCUT2D eigenvalue weighted by atomic mass is 10.1. The summed E-state index contributed by atoms with van der Waals surface area (Å²) < 4.78 is 27.6. The minimum atomic E-state index is -0.617. The van der Waals surface area contributed by atoms with Gasteiger partial charge in [-0.1, -0.05) is 6.07 Å². The molecule has 1 amide bonds. The lowest BCUT2D eigenvalue weighted by molar-refractivity contribution is 0.0734. The van der Waals surface area contributed by atoms with Gasteiger partial charge in [0, 0.05) is 12.6 Å². The highest BCUT2D eigenvalue weighted by Crippen LogP contribution is 2.24. The Labute approximate surface area is 129 Å². The van der Waals surface area contributed by atoms with Crippen LogP contribution in [0.2, 0.25) is 0 Å². The fraction of sp³-hybridized carbons (Fsp3) is 0.200. The van der Waals surface area contributed by atoms with Crippen LogP contribution in [0.15, 0.2) is 41.0 Å². The van der Waals surface area contributed by atoms with Crippen molar-refractivity contribution in [3.63, 3.8) is 0 Å². The first-order chi connectivity index (χ1) is 9.90. The first kappa shape index (κ1) is 15.6. The molecule has 2 rings (SSSR count). The van der Waals surface area contributed by atoms with Gasteiger partial charge in [-0.15, -0.1) is 0 Å². The van der Waals surface area contributed by atoms with E-state index in [2.05, 4.69) is 20.9 Å². The van der Waals surface area contributed by atoms with Crippen molar-refractivity contribution in [3.05, 3.63) is 63.9 Å². The van der Waals surface area contributed by atoms with Crippen LogP contribution in [0.5, 0.6) is 0 Å². The van der Waals surface area contributed by atoms with Crippen molar-refractivity contribution >= 4 is 21.8 Å². The van der Waals surface area contributed by atoms with E-state index >= 15 is 0 Å². The van der Waals surface area contributed by atoms with E-state index in [-0.39, 0.29) is 17.2 Å². The van der Waals surface area contributed by atoms with Crippen LogP contribution in [0.4, 0.5) is 8.78 Å². The summed E-state index contributed by atoms with van der Waals surface area (Å²) in [6.45, 7) is 1.63. The Hall–Kier alpha value is -1.82. The summed E-state index contributed by atoms with van der Waals surface area (Å²) >= 11 is 3.19. The van der Waals surface area contributed by atoms with Crippen LogP contribution in [0.1, 0.15) is 29.0 Å². The van der Waals surface area contributed by atoms with Gasteiger partial charge in [-0.3, -0.25) is 4.79 Å². The highest BCUT2D eigenvalue weighted by molar-refractivity contribution is 9.10. The van der Waals surface area contributed by atoms with Crippen molar-refractivity contribution < 1.29 is 13.6 Å². The smallest absolute Gasteiger partial charge is 0.272 e. The third-order valence-corrected chi connectivity index (χ3v) is 3.69. The Balaban J connectivity index is 2.28. The molecule has 1 heterocycles. The average Bonchev–Trinajstić information content (AvgIpc) is 2.47. The molecule has 1 aromatic heterocycles. The van der Waals surface area contributed by atoms with Gasteiger partial charge in [-0.25, -0.2) is 13.8 Å². The number of carbonyl (C=O) groups is 1. The zero-order valence-corrected chi connectivity index (χ0v) is 13.1. The molecule has 3 nitrogen and oxygen atoms in total. The third-order valence-electron chi connectivity index (χ3n) is 3.24. The predicted molar refractivity (Wildman–Crippen MR) is 78.8 cm³/mol. The zero-order chi connectivity index (χ0) is 15.6. The molecule has 0 spiro atoms. The average molecular weight is 355 g/mol. The predicted octanol–water partition coefficient (Wildman–Crippen LogP) is 3.96. The molecule has 6 heteroatoms. The van der Waals surface area contributed by atoms with Crippen molar-refractivity contribution in [1.82, 2.24) is 9.88 Å². The van der Waals surface area contributed by atoms with Crippen LogP contribution in [-0.2, 0) is 0 Å². The number of pyridine rings is 1. The molecule has 2 aromatic rings. The first-order valence-electron chi connectivity index (χ1n) is 6.25. The van der Waals surface area contributed by atoms with Crippen LogP contribution in [0.25, 0.3) is 0 Å². The Bertz CT molecular complexity index is 678. The van der Waals surface area contributed by atoms with Gasteiger partial charge in [0.2, 0.25) is 0 Å². The zero-order valence-electron chi connectivity index (χ0n) is 11.5. The van der Waals surface area contributed by atoms with Gasteiger partial charge in [-0.2, -0.15) is 0 Å². The van der Waals surface area contributed by atoms with Gasteiger partial charge in [0.1, 0.15) is 21.9 Å². The number of aromatic nitrogens is 1. The summed E-state index contributed by atoms with van der Waals surface area (Å²) in [7, 11) is 1.53. The summed E-state index contributed by atoms with van der Waals surface area (Å²) in [5, 5.41) is 0. The molecule has 0 bridgehead atoms. The summed E-state index contributed by atoms with van der Waals surface area (Å²) in [4.78, 5) is 17.7. The third kappa shape index (κ3) is 3.44. The van der Waals surface area contributed by atoms with Crippen molar-refractivity contribution in [2.75, 3.05) is 7.05 Å². The van der Waals surface area contributed by atoms with E-state index in [1.54, 1.807) is 25.1 Å². The summed E-state index contributed by atoms with van der Waals surface area (Å²) in [6.07, 6.45) is 0. The first-order valence-corrected chi connectivity index (χ1v) is 7.04. The normalized spacial score (nSPS) is 12.0. The number of rotatable bonds is 3. The van der Waals surface area contributed by atoms with E-state index in [0.29, 0.717) is 4.60 Å². The minimum Gasteiger partial charge on any atom is -0.334 e. The van der Waals surface area contributed by atoms with E-state index in [1.165, 1.54) is 11.9 Å². The molecule has 1 atom stereocenters. The van der Waals surface area contributed by atoms with Gasteiger partial charge in [0.05, 0.1) is 6.04 Å². The van der Waals surface area contributed by atoms with Gasteiger partial charge in [0.15, 0.2) is 0 Å². The van der Waals surface area contributed by atoms with E-state index in [1.807, 2.05) is 0 Å². The topological polar surface area (TPSA) is 33.2 Å². The molecule has 0 fully saturated rings. The van der Waals surface area contributed by atoms with E-state index in [9.17, 15) is 13.6 Å². The quantitative estimate of drug-likeness (QED) is 0.781.